The molecule has 9 heteroatoms. The first kappa shape index (κ1) is 23.7. The maximum Gasteiger partial charge on any atom is 0.409 e. The normalized spacial score (nSPS) is 17.9. The molecule has 0 spiro atoms. The Hall–Kier alpha value is -2.49. The van der Waals surface area contributed by atoms with Gasteiger partial charge in [0, 0.05) is 69.8 Å². The van der Waals surface area contributed by atoms with E-state index >= 15 is 0 Å². The molecule has 1 aromatic heterocycles. The van der Waals surface area contributed by atoms with Crippen LogP contribution in [0.15, 0.2) is 29.6 Å². The molecule has 2 aliphatic rings. The lowest BCUT2D eigenvalue weighted by atomic mass is 10.1. The number of thiazole rings is 1. The first-order valence-corrected chi connectivity index (χ1v) is 12.5. The second-order valence-electron chi connectivity index (χ2n) is 8.66. The van der Waals surface area contributed by atoms with Crippen LogP contribution in [0.2, 0.25) is 0 Å². The fourth-order valence-corrected chi connectivity index (χ4v) is 4.98. The van der Waals surface area contributed by atoms with E-state index in [-0.39, 0.29) is 18.4 Å². The minimum Gasteiger partial charge on any atom is -0.450 e. The van der Waals surface area contributed by atoms with Gasteiger partial charge in [-0.1, -0.05) is 24.3 Å². The van der Waals surface area contributed by atoms with Crippen molar-refractivity contribution >= 4 is 23.3 Å². The van der Waals surface area contributed by atoms with Crippen LogP contribution in [0.25, 0.3) is 10.6 Å². The van der Waals surface area contributed by atoms with Crippen molar-refractivity contribution in [3.05, 3.63) is 40.9 Å². The van der Waals surface area contributed by atoms with Gasteiger partial charge in [0.25, 0.3) is 0 Å². The molecular weight excluding hydrogens is 438 g/mol. The quantitative estimate of drug-likeness (QED) is 0.645. The van der Waals surface area contributed by atoms with E-state index in [1.807, 2.05) is 10.3 Å². The zero-order valence-corrected chi connectivity index (χ0v) is 20.4. The minimum atomic E-state index is -0.303. The van der Waals surface area contributed by atoms with Crippen molar-refractivity contribution in [2.45, 2.75) is 19.9 Å². The molecule has 33 heavy (non-hydrogen) atoms. The van der Waals surface area contributed by atoms with Gasteiger partial charge < -0.3 is 19.4 Å². The smallest absolute Gasteiger partial charge is 0.409 e. The van der Waals surface area contributed by atoms with Gasteiger partial charge in [-0.25, -0.2) is 9.78 Å². The maximum atomic E-state index is 12.7. The molecular formula is C24H33N5O3S. The Labute approximate surface area is 199 Å². The summed E-state index contributed by atoms with van der Waals surface area (Å²) in [7, 11) is 2.17. The van der Waals surface area contributed by atoms with Crippen LogP contribution in [0.4, 0.5) is 4.79 Å². The lowest BCUT2D eigenvalue weighted by molar-refractivity contribution is -0.132. The van der Waals surface area contributed by atoms with Gasteiger partial charge >= 0.3 is 6.09 Å². The first-order chi connectivity index (χ1) is 16.0. The number of hydrogen-bond acceptors (Lipinski definition) is 7. The average molecular weight is 472 g/mol. The number of likely N-dealkylation sites (N-methyl/N-ethyl adjacent to an activating group) is 1. The van der Waals surface area contributed by atoms with Gasteiger partial charge in [-0.2, -0.15) is 0 Å². The van der Waals surface area contributed by atoms with Gasteiger partial charge in [0.15, 0.2) is 0 Å². The summed E-state index contributed by atoms with van der Waals surface area (Å²) in [6.45, 7) is 9.69. The predicted octanol–water partition coefficient (Wildman–Crippen LogP) is 2.40. The summed E-state index contributed by atoms with van der Waals surface area (Å²) in [5.74, 6) is 0.0536. The standard InChI is InChI=1S/C24H33N5O3S/c1-3-32-24(31)29-14-12-28(13-15-29)22(30)16-21-18-33-23(25-21)20-6-4-19(5-7-20)17-27-10-8-26(2)9-11-27/h4-7,18H,3,8-17H2,1-2H3. The van der Waals surface area contributed by atoms with Gasteiger partial charge in [-0.15, -0.1) is 11.3 Å². The van der Waals surface area contributed by atoms with Crippen molar-refractivity contribution in [1.29, 1.82) is 0 Å². The van der Waals surface area contributed by atoms with E-state index in [1.165, 1.54) is 5.56 Å². The highest BCUT2D eigenvalue weighted by Gasteiger charge is 2.25. The molecule has 8 nitrogen and oxygen atoms in total. The molecule has 0 saturated carbocycles. The van der Waals surface area contributed by atoms with Gasteiger partial charge in [0.2, 0.25) is 5.91 Å². The number of rotatable bonds is 6. The summed E-state index contributed by atoms with van der Waals surface area (Å²) in [6, 6.07) is 8.63. The molecule has 2 saturated heterocycles. The summed E-state index contributed by atoms with van der Waals surface area (Å²) in [6.07, 6.45) is -0.0134. The molecule has 2 fully saturated rings. The first-order valence-electron chi connectivity index (χ1n) is 11.7. The highest BCUT2D eigenvalue weighted by atomic mass is 32.1. The van der Waals surface area contributed by atoms with Crippen molar-refractivity contribution < 1.29 is 14.3 Å². The highest BCUT2D eigenvalue weighted by molar-refractivity contribution is 7.13. The van der Waals surface area contributed by atoms with Crippen LogP contribution in [0.3, 0.4) is 0 Å². The molecule has 2 aromatic rings. The molecule has 0 N–H and O–H groups in total. The van der Waals surface area contributed by atoms with Crippen LogP contribution >= 0.6 is 11.3 Å². The van der Waals surface area contributed by atoms with E-state index in [9.17, 15) is 9.59 Å². The molecule has 4 rings (SSSR count). The summed E-state index contributed by atoms with van der Waals surface area (Å²) >= 11 is 1.58. The van der Waals surface area contributed by atoms with E-state index in [1.54, 1.807) is 23.2 Å². The van der Waals surface area contributed by atoms with Gasteiger partial charge in [-0.3, -0.25) is 9.69 Å². The predicted molar refractivity (Wildman–Crippen MR) is 129 cm³/mol. The number of nitrogens with zero attached hydrogens (tertiary/aromatic N) is 5. The summed E-state index contributed by atoms with van der Waals surface area (Å²) in [4.78, 5) is 37.6. The molecule has 0 radical (unpaired) electrons. The fourth-order valence-electron chi connectivity index (χ4n) is 4.16. The third-order valence-electron chi connectivity index (χ3n) is 6.25. The van der Waals surface area contributed by atoms with Crippen molar-refractivity contribution in [3.8, 4) is 10.6 Å². The molecule has 2 amide bonds. The second kappa shape index (κ2) is 11.1. The van der Waals surface area contributed by atoms with E-state index < -0.39 is 0 Å². The number of carbonyl (C=O) groups excluding carboxylic acids is 2. The number of aromatic nitrogens is 1. The second-order valence-corrected chi connectivity index (χ2v) is 9.52. The SMILES string of the molecule is CCOC(=O)N1CCN(C(=O)Cc2csc(-c3ccc(CN4CCN(C)CC4)cc3)n2)CC1. The molecule has 0 aliphatic carbocycles. The van der Waals surface area contributed by atoms with Crippen molar-refractivity contribution in [2.24, 2.45) is 0 Å². The van der Waals surface area contributed by atoms with Gasteiger partial charge in [0.05, 0.1) is 18.7 Å². The third kappa shape index (κ3) is 6.31. The van der Waals surface area contributed by atoms with E-state index in [0.717, 1.165) is 49.0 Å². The highest BCUT2D eigenvalue weighted by Crippen LogP contribution is 2.25. The van der Waals surface area contributed by atoms with Gasteiger partial charge in [0.1, 0.15) is 5.01 Å². The Bertz CT molecular complexity index is 932. The van der Waals surface area contributed by atoms with E-state index in [2.05, 4.69) is 41.1 Å². The third-order valence-corrected chi connectivity index (χ3v) is 7.19. The van der Waals surface area contributed by atoms with Crippen molar-refractivity contribution in [1.82, 2.24) is 24.6 Å². The van der Waals surface area contributed by atoms with Crippen molar-refractivity contribution in [3.63, 3.8) is 0 Å². The largest absolute Gasteiger partial charge is 0.450 e. The molecule has 3 heterocycles. The van der Waals surface area contributed by atoms with E-state index in [4.69, 9.17) is 9.72 Å². The fraction of sp³-hybridized carbons (Fsp3) is 0.542. The summed E-state index contributed by atoms with van der Waals surface area (Å²) < 4.78 is 5.04. The average Bonchev–Trinajstić information content (AvgIpc) is 3.30. The molecule has 2 aliphatic heterocycles. The Kier molecular flexibility index (Phi) is 7.95. The monoisotopic (exact) mass is 471 g/mol. The molecule has 1 aromatic carbocycles. The zero-order valence-electron chi connectivity index (χ0n) is 19.5. The lowest BCUT2D eigenvalue weighted by Gasteiger charge is -2.34. The minimum absolute atomic E-state index is 0.0536. The molecule has 0 unspecified atom stereocenters. The van der Waals surface area contributed by atoms with Crippen LogP contribution in [-0.4, -0.2) is 103 Å². The number of benzene rings is 1. The molecule has 0 atom stereocenters. The maximum absolute atomic E-state index is 12.7. The Morgan fingerprint density at radius 3 is 2.30 bits per heavy atom. The molecule has 178 valence electrons. The van der Waals surface area contributed by atoms with Crippen LogP contribution in [0.5, 0.6) is 0 Å². The van der Waals surface area contributed by atoms with E-state index in [0.29, 0.717) is 32.8 Å². The zero-order chi connectivity index (χ0) is 23.2. The number of ether oxygens (including phenoxy) is 1. The van der Waals surface area contributed by atoms with Crippen LogP contribution in [0, 0.1) is 0 Å². The number of hydrogen-bond donors (Lipinski definition) is 0. The number of amides is 2. The lowest BCUT2D eigenvalue weighted by Crippen LogP contribution is -2.51. The van der Waals surface area contributed by atoms with Crippen LogP contribution in [-0.2, 0) is 22.5 Å². The summed E-state index contributed by atoms with van der Waals surface area (Å²) in [5.41, 5.74) is 3.20. The van der Waals surface area contributed by atoms with Crippen LogP contribution in [0.1, 0.15) is 18.2 Å². The molecule has 0 bridgehead atoms. The summed E-state index contributed by atoms with van der Waals surface area (Å²) in [5, 5.41) is 2.91. The van der Waals surface area contributed by atoms with Crippen molar-refractivity contribution in [2.75, 3.05) is 66.0 Å². The number of piperazine rings is 2. The Balaban J connectivity index is 1.27. The topological polar surface area (TPSA) is 69.2 Å². The Morgan fingerprint density at radius 1 is 0.970 bits per heavy atom. The van der Waals surface area contributed by atoms with Gasteiger partial charge in [-0.05, 0) is 19.5 Å². The Morgan fingerprint density at radius 2 is 1.64 bits per heavy atom. The van der Waals surface area contributed by atoms with Crippen LogP contribution < -0.4 is 0 Å². The number of carbonyl (C=O) groups is 2.